The third-order valence-corrected chi connectivity index (χ3v) is 4.67. The van der Waals surface area contributed by atoms with Crippen molar-refractivity contribution in [2.45, 2.75) is 37.5 Å². The molecule has 19 heavy (non-hydrogen) atoms. The maximum absolute atomic E-state index is 13.7. The van der Waals surface area contributed by atoms with E-state index in [0.717, 1.165) is 19.3 Å². The van der Waals surface area contributed by atoms with Gasteiger partial charge in [0, 0.05) is 6.07 Å². The standard InChI is InChI=1S/C14H16BrFO3/c1-19-11-8-9(16)7-10(12(11)15)14(13(17)18)5-3-2-4-6-14/h7-8H,2-6H2,1H3,(H,17,18). The quantitative estimate of drug-likeness (QED) is 0.914. The van der Waals surface area contributed by atoms with Crippen LogP contribution in [-0.2, 0) is 10.2 Å². The topological polar surface area (TPSA) is 46.5 Å². The number of methoxy groups -OCH3 is 1. The molecule has 1 aromatic rings. The Bertz CT molecular complexity index is 496. The van der Waals surface area contributed by atoms with Gasteiger partial charge in [0.15, 0.2) is 0 Å². The lowest BCUT2D eigenvalue weighted by Crippen LogP contribution is -2.38. The molecular weight excluding hydrogens is 315 g/mol. The first-order chi connectivity index (χ1) is 9.01. The molecule has 104 valence electrons. The third-order valence-electron chi connectivity index (χ3n) is 3.86. The summed E-state index contributed by atoms with van der Waals surface area (Å²) < 4.78 is 19.3. The first-order valence-electron chi connectivity index (χ1n) is 6.28. The molecule has 1 aliphatic rings. The number of rotatable bonds is 3. The van der Waals surface area contributed by atoms with Crippen LogP contribution in [0.4, 0.5) is 4.39 Å². The summed E-state index contributed by atoms with van der Waals surface area (Å²) in [6.07, 6.45) is 3.79. The zero-order valence-electron chi connectivity index (χ0n) is 10.7. The Kier molecular flexibility index (Phi) is 4.13. The maximum Gasteiger partial charge on any atom is 0.314 e. The van der Waals surface area contributed by atoms with Crippen molar-refractivity contribution >= 4 is 21.9 Å². The van der Waals surface area contributed by atoms with Crippen molar-refractivity contribution in [3.63, 3.8) is 0 Å². The molecule has 1 N–H and O–H groups in total. The highest BCUT2D eigenvalue weighted by molar-refractivity contribution is 9.10. The summed E-state index contributed by atoms with van der Waals surface area (Å²) in [6, 6.07) is 2.57. The van der Waals surface area contributed by atoms with Crippen LogP contribution in [0, 0.1) is 5.82 Å². The second kappa shape index (κ2) is 5.49. The van der Waals surface area contributed by atoms with Gasteiger partial charge in [-0.2, -0.15) is 0 Å². The van der Waals surface area contributed by atoms with Crippen LogP contribution < -0.4 is 4.74 Å². The minimum absolute atomic E-state index is 0.334. The minimum Gasteiger partial charge on any atom is -0.495 e. The fraction of sp³-hybridized carbons (Fsp3) is 0.500. The van der Waals surface area contributed by atoms with Crippen molar-refractivity contribution in [3.8, 4) is 5.75 Å². The molecule has 1 aromatic carbocycles. The summed E-state index contributed by atoms with van der Waals surface area (Å²) >= 11 is 3.36. The molecule has 1 saturated carbocycles. The first-order valence-corrected chi connectivity index (χ1v) is 7.07. The lowest BCUT2D eigenvalue weighted by Gasteiger charge is -2.34. The first kappa shape index (κ1) is 14.3. The Morgan fingerprint density at radius 2 is 2.00 bits per heavy atom. The number of carbonyl (C=O) groups is 1. The van der Waals surface area contributed by atoms with Crippen LogP contribution in [0.2, 0.25) is 0 Å². The number of ether oxygens (including phenoxy) is 1. The number of carboxylic acids is 1. The van der Waals surface area contributed by atoms with Gasteiger partial charge >= 0.3 is 5.97 Å². The molecule has 0 aliphatic heterocycles. The van der Waals surface area contributed by atoms with Crippen molar-refractivity contribution in [2.75, 3.05) is 7.11 Å². The molecule has 1 fully saturated rings. The molecule has 0 atom stereocenters. The molecule has 0 aromatic heterocycles. The van der Waals surface area contributed by atoms with E-state index in [2.05, 4.69) is 15.9 Å². The van der Waals surface area contributed by atoms with Gasteiger partial charge in [-0.3, -0.25) is 4.79 Å². The summed E-state index contributed by atoms with van der Waals surface area (Å²) in [7, 11) is 1.44. The van der Waals surface area contributed by atoms with Crippen LogP contribution in [0.3, 0.4) is 0 Å². The lowest BCUT2D eigenvalue weighted by atomic mass is 9.69. The number of hydrogen-bond donors (Lipinski definition) is 1. The molecule has 0 bridgehead atoms. The van der Waals surface area contributed by atoms with Crippen LogP contribution in [0.1, 0.15) is 37.7 Å². The fourth-order valence-corrected chi connectivity index (χ4v) is 3.59. The molecule has 3 nitrogen and oxygen atoms in total. The lowest BCUT2D eigenvalue weighted by molar-refractivity contribution is -0.145. The van der Waals surface area contributed by atoms with E-state index in [4.69, 9.17) is 4.74 Å². The summed E-state index contributed by atoms with van der Waals surface area (Å²) in [4.78, 5) is 11.8. The van der Waals surface area contributed by atoms with Crippen molar-refractivity contribution in [1.29, 1.82) is 0 Å². The van der Waals surface area contributed by atoms with Gasteiger partial charge in [0.05, 0.1) is 17.0 Å². The van der Waals surface area contributed by atoms with Crippen LogP contribution in [0.5, 0.6) is 5.75 Å². The summed E-state index contributed by atoms with van der Waals surface area (Å²) in [5.74, 6) is -1.02. The van der Waals surface area contributed by atoms with Crippen LogP contribution in [0.25, 0.3) is 0 Å². The van der Waals surface area contributed by atoms with Crippen LogP contribution >= 0.6 is 15.9 Å². The number of benzene rings is 1. The van der Waals surface area contributed by atoms with Crippen molar-refractivity contribution in [3.05, 3.63) is 28.0 Å². The molecule has 0 spiro atoms. The van der Waals surface area contributed by atoms with E-state index in [1.165, 1.54) is 19.2 Å². The zero-order chi connectivity index (χ0) is 14.0. The number of hydrogen-bond acceptors (Lipinski definition) is 2. The Balaban J connectivity index is 2.59. The molecule has 1 aliphatic carbocycles. The molecular formula is C14H16BrFO3. The second-order valence-corrected chi connectivity index (χ2v) is 5.71. The Morgan fingerprint density at radius 3 is 2.53 bits per heavy atom. The maximum atomic E-state index is 13.7. The van der Waals surface area contributed by atoms with Crippen molar-refractivity contribution in [2.24, 2.45) is 0 Å². The molecule has 0 saturated heterocycles. The van der Waals surface area contributed by atoms with Gasteiger partial charge in [-0.15, -0.1) is 0 Å². The number of halogens is 2. The van der Waals surface area contributed by atoms with Gasteiger partial charge in [-0.25, -0.2) is 4.39 Å². The molecule has 0 radical (unpaired) electrons. The Hall–Kier alpha value is -1.10. The Labute approximate surface area is 119 Å². The largest absolute Gasteiger partial charge is 0.495 e. The highest BCUT2D eigenvalue weighted by Gasteiger charge is 2.43. The average Bonchev–Trinajstić information content (AvgIpc) is 2.41. The van der Waals surface area contributed by atoms with Crippen molar-refractivity contribution in [1.82, 2.24) is 0 Å². The molecule has 0 amide bonds. The number of aliphatic carboxylic acids is 1. The van der Waals surface area contributed by atoms with Gasteiger partial charge in [-0.1, -0.05) is 19.3 Å². The van der Waals surface area contributed by atoms with E-state index in [1.54, 1.807) is 0 Å². The van der Waals surface area contributed by atoms with Gasteiger partial charge in [0.1, 0.15) is 11.6 Å². The fourth-order valence-electron chi connectivity index (χ4n) is 2.81. The minimum atomic E-state index is -1.01. The average molecular weight is 331 g/mol. The van der Waals surface area contributed by atoms with E-state index < -0.39 is 17.2 Å². The van der Waals surface area contributed by atoms with E-state index in [0.29, 0.717) is 28.6 Å². The predicted octanol–water partition coefficient (Wildman–Crippen LogP) is 3.88. The normalized spacial score (nSPS) is 18.1. The van der Waals surface area contributed by atoms with E-state index >= 15 is 0 Å². The van der Waals surface area contributed by atoms with E-state index in [9.17, 15) is 14.3 Å². The SMILES string of the molecule is COc1cc(F)cc(C2(C(=O)O)CCCCC2)c1Br. The molecule has 0 heterocycles. The van der Waals surface area contributed by atoms with Crippen molar-refractivity contribution < 1.29 is 19.0 Å². The van der Waals surface area contributed by atoms with Crippen LogP contribution in [0.15, 0.2) is 16.6 Å². The highest BCUT2D eigenvalue weighted by Crippen LogP contribution is 2.45. The zero-order valence-corrected chi connectivity index (χ0v) is 12.3. The van der Waals surface area contributed by atoms with E-state index in [-0.39, 0.29) is 0 Å². The third kappa shape index (κ3) is 2.48. The van der Waals surface area contributed by atoms with Crippen LogP contribution in [-0.4, -0.2) is 18.2 Å². The van der Waals surface area contributed by atoms with Gasteiger partial charge in [0.25, 0.3) is 0 Å². The highest BCUT2D eigenvalue weighted by atomic mass is 79.9. The van der Waals surface area contributed by atoms with E-state index in [1.807, 2.05) is 0 Å². The Morgan fingerprint density at radius 1 is 1.37 bits per heavy atom. The monoisotopic (exact) mass is 330 g/mol. The summed E-state index contributed by atoms with van der Waals surface area (Å²) in [6.45, 7) is 0. The van der Waals surface area contributed by atoms with Gasteiger partial charge in [0.2, 0.25) is 0 Å². The molecule has 2 rings (SSSR count). The summed E-state index contributed by atoms with van der Waals surface area (Å²) in [5.41, 5.74) is -0.525. The second-order valence-electron chi connectivity index (χ2n) is 4.92. The molecule has 0 unspecified atom stereocenters. The summed E-state index contributed by atoms with van der Waals surface area (Å²) in [5, 5.41) is 9.64. The molecule has 5 heteroatoms. The number of carboxylic acid groups (broad SMARTS) is 1. The smallest absolute Gasteiger partial charge is 0.314 e. The van der Waals surface area contributed by atoms with Gasteiger partial charge < -0.3 is 9.84 Å². The van der Waals surface area contributed by atoms with Gasteiger partial charge in [-0.05, 0) is 40.4 Å². The predicted molar refractivity (Wildman–Crippen MR) is 73.1 cm³/mol.